The molecule has 5 rings (SSSR count). The maximum absolute atomic E-state index is 13.1. The molecule has 0 bridgehead atoms. The van der Waals surface area contributed by atoms with Gasteiger partial charge in [0.2, 0.25) is 11.8 Å². The predicted octanol–water partition coefficient (Wildman–Crippen LogP) is 3.99. The van der Waals surface area contributed by atoms with E-state index >= 15 is 0 Å². The Labute approximate surface area is 206 Å². The predicted molar refractivity (Wildman–Crippen MR) is 130 cm³/mol. The number of aromatic hydroxyl groups is 1. The topological polar surface area (TPSA) is 113 Å². The number of benzene rings is 1. The normalized spacial score (nSPS) is 17.3. The van der Waals surface area contributed by atoms with E-state index in [0.29, 0.717) is 54.1 Å². The maximum Gasteiger partial charge on any atom is 0.289 e. The molecule has 182 valence electrons. The van der Waals surface area contributed by atoms with Gasteiger partial charge in [0.1, 0.15) is 23.0 Å². The summed E-state index contributed by atoms with van der Waals surface area (Å²) in [6.07, 6.45) is 9.55. The van der Waals surface area contributed by atoms with Crippen LogP contribution in [0.1, 0.15) is 31.0 Å². The number of hydrogen-bond donors (Lipinski definition) is 1. The lowest BCUT2D eigenvalue weighted by molar-refractivity contribution is 0.379. The first-order chi connectivity index (χ1) is 17.0. The highest BCUT2D eigenvalue weighted by Crippen LogP contribution is 2.40. The summed E-state index contributed by atoms with van der Waals surface area (Å²) in [7, 11) is 3.05. The molecule has 3 aromatic rings. The van der Waals surface area contributed by atoms with Crippen LogP contribution >= 0.6 is 11.6 Å². The van der Waals surface area contributed by atoms with Crippen LogP contribution in [0.4, 0.5) is 0 Å². The Morgan fingerprint density at radius 2 is 1.94 bits per heavy atom. The van der Waals surface area contributed by atoms with Crippen molar-refractivity contribution in [1.29, 1.82) is 0 Å². The molecule has 10 heteroatoms. The Kier molecular flexibility index (Phi) is 6.34. The lowest BCUT2D eigenvalue weighted by atomic mass is 10.0. The van der Waals surface area contributed by atoms with E-state index in [4.69, 9.17) is 25.5 Å². The van der Waals surface area contributed by atoms with Gasteiger partial charge in [-0.15, -0.1) is 21.8 Å². The first-order valence-electron chi connectivity index (χ1n) is 11.4. The van der Waals surface area contributed by atoms with E-state index < -0.39 is 5.56 Å². The summed E-state index contributed by atoms with van der Waals surface area (Å²) in [4.78, 5) is 17.4. The van der Waals surface area contributed by atoms with Crippen LogP contribution < -0.4 is 15.0 Å². The molecule has 1 fully saturated rings. The number of rotatable bonds is 8. The van der Waals surface area contributed by atoms with E-state index in [9.17, 15) is 9.90 Å². The Morgan fingerprint density at radius 1 is 1.20 bits per heavy atom. The zero-order valence-corrected chi connectivity index (χ0v) is 20.2. The Morgan fingerprint density at radius 3 is 2.57 bits per heavy atom. The SMILES string of the molecule is COc1cccc(OC)c1-n1c(CC2CC2)nc(=O)c(-c2nnc(CC3=CCC(Cl)C=C3)o2)c1O. The molecule has 0 radical (unpaired) electrons. The summed E-state index contributed by atoms with van der Waals surface area (Å²) >= 11 is 6.09. The fourth-order valence-corrected chi connectivity index (χ4v) is 4.28. The van der Waals surface area contributed by atoms with Gasteiger partial charge in [-0.25, -0.2) is 0 Å². The zero-order chi connectivity index (χ0) is 24.5. The highest BCUT2D eigenvalue weighted by atomic mass is 35.5. The first-order valence-corrected chi connectivity index (χ1v) is 11.8. The first kappa shape index (κ1) is 23.2. The summed E-state index contributed by atoms with van der Waals surface area (Å²) in [5, 5.41) is 19.5. The van der Waals surface area contributed by atoms with E-state index in [1.807, 2.05) is 18.2 Å². The van der Waals surface area contributed by atoms with Crippen molar-refractivity contribution in [2.75, 3.05) is 14.2 Å². The molecule has 1 aromatic carbocycles. The molecule has 2 heterocycles. The maximum atomic E-state index is 13.1. The molecule has 1 N–H and O–H groups in total. The molecule has 2 aliphatic rings. The van der Waals surface area contributed by atoms with Gasteiger partial charge in [0.05, 0.1) is 26.0 Å². The van der Waals surface area contributed by atoms with Crippen molar-refractivity contribution in [3.05, 3.63) is 64.1 Å². The number of allylic oxidation sites excluding steroid dienone is 4. The van der Waals surface area contributed by atoms with E-state index in [0.717, 1.165) is 18.4 Å². The summed E-state index contributed by atoms with van der Waals surface area (Å²) in [6.45, 7) is 0. The van der Waals surface area contributed by atoms with Crippen LogP contribution in [-0.2, 0) is 12.8 Å². The van der Waals surface area contributed by atoms with Gasteiger partial charge in [0.25, 0.3) is 11.4 Å². The molecule has 35 heavy (non-hydrogen) atoms. The van der Waals surface area contributed by atoms with Crippen LogP contribution in [0.2, 0.25) is 0 Å². The second kappa shape index (κ2) is 9.58. The van der Waals surface area contributed by atoms with E-state index in [-0.39, 0.29) is 22.7 Å². The van der Waals surface area contributed by atoms with Crippen molar-refractivity contribution < 1.29 is 19.0 Å². The summed E-state index contributed by atoms with van der Waals surface area (Å²) in [5.74, 6) is 1.56. The van der Waals surface area contributed by atoms with Crippen molar-refractivity contribution in [3.63, 3.8) is 0 Å². The van der Waals surface area contributed by atoms with Crippen LogP contribution in [-0.4, -0.2) is 44.5 Å². The number of aromatic nitrogens is 4. The number of alkyl halides is 1. The smallest absolute Gasteiger partial charge is 0.289 e. The fourth-order valence-electron chi connectivity index (χ4n) is 4.11. The summed E-state index contributed by atoms with van der Waals surface area (Å²) in [6, 6.07) is 5.27. The minimum atomic E-state index is -0.639. The number of nitrogens with zero attached hydrogens (tertiary/aromatic N) is 4. The monoisotopic (exact) mass is 496 g/mol. The van der Waals surface area contributed by atoms with Gasteiger partial charge in [0.15, 0.2) is 5.56 Å². The molecule has 1 atom stereocenters. The van der Waals surface area contributed by atoms with Gasteiger partial charge in [-0.2, -0.15) is 4.98 Å². The molecule has 0 saturated heterocycles. The Hall–Kier alpha value is -3.59. The third-order valence-electron chi connectivity index (χ3n) is 6.09. The van der Waals surface area contributed by atoms with Crippen molar-refractivity contribution in [3.8, 4) is 34.5 Å². The van der Waals surface area contributed by atoms with E-state index in [1.54, 1.807) is 18.2 Å². The highest BCUT2D eigenvalue weighted by Gasteiger charge is 2.30. The summed E-state index contributed by atoms with van der Waals surface area (Å²) < 4.78 is 18.4. The highest BCUT2D eigenvalue weighted by molar-refractivity contribution is 6.22. The van der Waals surface area contributed by atoms with Crippen molar-refractivity contribution in [2.45, 2.75) is 37.5 Å². The standard InChI is InChI=1S/C25H25ClN4O5/c1-33-17-4-3-5-18(34-2)22(17)30-19(12-14-6-7-14)27-23(31)21(25(30)32)24-29-28-20(35-24)13-15-8-10-16(26)11-9-15/h3-5,8-10,14,16,32H,6-7,11-13H2,1-2H3. The number of halogens is 1. The Bertz CT molecular complexity index is 1350. The second-order valence-corrected chi connectivity index (χ2v) is 9.15. The minimum absolute atomic E-state index is 0.0281. The van der Waals surface area contributed by atoms with Crippen LogP contribution in [0.25, 0.3) is 17.1 Å². The molecule has 1 saturated carbocycles. The molecular formula is C25H25ClN4O5. The van der Waals surface area contributed by atoms with Crippen LogP contribution in [0.3, 0.4) is 0 Å². The van der Waals surface area contributed by atoms with Crippen molar-refractivity contribution >= 4 is 11.6 Å². The van der Waals surface area contributed by atoms with Crippen molar-refractivity contribution in [2.24, 2.45) is 5.92 Å². The molecule has 2 aromatic heterocycles. The zero-order valence-electron chi connectivity index (χ0n) is 19.4. The average molecular weight is 497 g/mol. The lowest BCUT2D eigenvalue weighted by Gasteiger charge is -2.20. The largest absolute Gasteiger partial charge is 0.494 e. The van der Waals surface area contributed by atoms with Crippen LogP contribution in [0, 0.1) is 5.92 Å². The number of para-hydroxylation sites is 1. The van der Waals surface area contributed by atoms with Crippen LogP contribution in [0.15, 0.2) is 51.2 Å². The number of hydrogen-bond acceptors (Lipinski definition) is 8. The van der Waals surface area contributed by atoms with Gasteiger partial charge in [-0.05, 0) is 42.9 Å². The molecular weight excluding hydrogens is 472 g/mol. The third kappa shape index (κ3) is 4.68. The Balaban J connectivity index is 1.61. The molecule has 2 aliphatic carbocycles. The lowest BCUT2D eigenvalue weighted by Crippen LogP contribution is -2.21. The van der Waals surface area contributed by atoms with E-state index in [2.05, 4.69) is 15.2 Å². The average Bonchev–Trinajstić information content (AvgIpc) is 3.56. The second-order valence-electron chi connectivity index (χ2n) is 8.59. The van der Waals surface area contributed by atoms with Gasteiger partial charge < -0.3 is 19.0 Å². The minimum Gasteiger partial charge on any atom is -0.494 e. The number of methoxy groups -OCH3 is 2. The molecule has 0 amide bonds. The third-order valence-corrected chi connectivity index (χ3v) is 6.42. The quantitative estimate of drug-likeness (QED) is 0.466. The van der Waals surface area contributed by atoms with Gasteiger partial charge in [0, 0.05) is 6.42 Å². The van der Waals surface area contributed by atoms with Crippen molar-refractivity contribution in [1.82, 2.24) is 19.7 Å². The van der Waals surface area contributed by atoms with Gasteiger partial charge >= 0.3 is 0 Å². The van der Waals surface area contributed by atoms with Gasteiger partial charge in [-0.1, -0.05) is 24.3 Å². The molecule has 0 aliphatic heterocycles. The summed E-state index contributed by atoms with van der Waals surface area (Å²) in [5.41, 5.74) is 0.605. The molecule has 1 unspecified atom stereocenters. The molecule has 9 nitrogen and oxygen atoms in total. The van der Waals surface area contributed by atoms with Crippen LogP contribution in [0.5, 0.6) is 17.4 Å². The van der Waals surface area contributed by atoms with Gasteiger partial charge in [-0.3, -0.25) is 9.36 Å². The fraction of sp³-hybridized carbons (Fsp3) is 0.360. The van der Waals surface area contributed by atoms with E-state index in [1.165, 1.54) is 18.8 Å². The number of ether oxygens (including phenoxy) is 2. The molecule has 0 spiro atoms.